The number of nitriles is 3. The van der Waals surface area contributed by atoms with Crippen LogP contribution in [0.2, 0.25) is 0 Å². The topological polar surface area (TPSA) is 120 Å². The molecule has 0 radical (unpaired) electrons. The number of thiazole rings is 2. The molecule has 8 aromatic rings. The molecular formula is C64H62N6O2S4. The molecule has 4 aromatic heterocycles. The maximum absolute atomic E-state index is 15.1. The lowest BCUT2D eigenvalue weighted by atomic mass is 9.82. The van der Waals surface area contributed by atoms with Crippen LogP contribution >= 0.6 is 45.3 Å². The summed E-state index contributed by atoms with van der Waals surface area (Å²) in [4.78, 5) is 33.7. The van der Waals surface area contributed by atoms with Gasteiger partial charge in [-0.3, -0.25) is 18.7 Å². The molecule has 4 heterocycles. The monoisotopic (exact) mass is 1070 g/mol. The zero-order valence-electron chi connectivity index (χ0n) is 45.2. The van der Waals surface area contributed by atoms with Gasteiger partial charge in [0.05, 0.1) is 27.4 Å². The molecule has 0 amide bonds. The van der Waals surface area contributed by atoms with Gasteiger partial charge >= 0.3 is 0 Å². The van der Waals surface area contributed by atoms with Crippen LogP contribution < -0.4 is 20.4 Å². The Labute approximate surface area is 460 Å². The van der Waals surface area contributed by atoms with Crippen LogP contribution in [-0.4, -0.2) is 9.13 Å². The largest absolute Gasteiger partial charge is 0.295 e. The summed E-state index contributed by atoms with van der Waals surface area (Å²) in [7, 11) is 0. The third-order valence-electron chi connectivity index (χ3n) is 14.0. The molecule has 0 unspecified atom stereocenters. The minimum atomic E-state index is -0.321. The number of aromatic nitrogens is 2. The molecule has 0 atom stereocenters. The van der Waals surface area contributed by atoms with Crippen molar-refractivity contribution in [3.8, 4) is 29.6 Å². The molecule has 0 fully saturated rings. The normalized spacial score (nSPS) is 13.4. The minimum Gasteiger partial charge on any atom is -0.276 e. The average Bonchev–Trinajstić information content (AvgIpc) is 4.18. The molecule has 0 spiro atoms. The van der Waals surface area contributed by atoms with E-state index in [1.165, 1.54) is 76.3 Å². The van der Waals surface area contributed by atoms with Crippen LogP contribution in [0.1, 0.15) is 174 Å². The number of rotatable bonds is 12. The lowest BCUT2D eigenvalue weighted by molar-refractivity contribution is 0.782. The first-order valence-corrected chi connectivity index (χ1v) is 29.1. The van der Waals surface area contributed by atoms with Gasteiger partial charge in [-0.1, -0.05) is 144 Å². The van der Waals surface area contributed by atoms with Crippen molar-refractivity contribution in [2.75, 3.05) is 0 Å². The van der Waals surface area contributed by atoms with E-state index in [0.717, 1.165) is 42.9 Å². The molecule has 384 valence electrons. The van der Waals surface area contributed by atoms with Gasteiger partial charge in [0, 0.05) is 14.8 Å². The number of benzene rings is 4. The van der Waals surface area contributed by atoms with Crippen molar-refractivity contribution >= 4 is 56.6 Å². The quantitative estimate of drug-likeness (QED) is 0.113. The molecule has 76 heavy (non-hydrogen) atoms. The maximum atomic E-state index is 15.1. The number of para-hydroxylation sites is 2. The lowest BCUT2D eigenvalue weighted by Crippen LogP contribution is -2.25. The number of hydrogen-bond acceptors (Lipinski definition) is 9. The molecule has 8 nitrogen and oxygen atoms in total. The average molecular weight is 1080 g/mol. The molecule has 0 aliphatic carbocycles. The zero-order chi connectivity index (χ0) is 54.9. The van der Waals surface area contributed by atoms with Crippen molar-refractivity contribution in [3.05, 3.63) is 221 Å². The lowest BCUT2D eigenvalue weighted by Gasteiger charge is -2.23. The third-order valence-corrected chi connectivity index (χ3v) is 19.2. The third kappa shape index (κ3) is 10.7. The van der Waals surface area contributed by atoms with E-state index < -0.39 is 0 Å². The van der Waals surface area contributed by atoms with Gasteiger partial charge in [0.25, 0.3) is 16.8 Å². The smallest absolute Gasteiger partial charge is 0.276 e. The molecular weight excluding hydrogens is 1010 g/mol. The molecule has 4 aromatic carbocycles. The van der Waals surface area contributed by atoms with Gasteiger partial charge < -0.3 is 0 Å². The highest BCUT2D eigenvalue weighted by molar-refractivity contribution is 7.14. The fourth-order valence-electron chi connectivity index (χ4n) is 9.98. The van der Waals surface area contributed by atoms with Crippen LogP contribution in [-0.2, 0) is 12.8 Å². The first-order valence-electron chi connectivity index (χ1n) is 25.9. The Bertz CT molecular complexity index is 3920. The zero-order valence-corrected chi connectivity index (χ0v) is 48.5. The molecule has 0 N–H and O–H groups in total. The summed E-state index contributed by atoms with van der Waals surface area (Å²) < 4.78 is 7.71. The minimum absolute atomic E-state index is 0.148. The summed E-state index contributed by atoms with van der Waals surface area (Å²) in [5.41, 5.74) is 12.4. The van der Waals surface area contributed by atoms with Crippen molar-refractivity contribution in [2.24, 2.45) is 0 Å². The van der Waals surface area contributed by atoms with Crippen molar-refractivity contribution < 1.29 is 0 Å². The summed E-state index contributed by atoms with van der Waals surface area (Å²) in [6, 6.07) is 38.3. The highest BCUT2D eigenvalue weighted by Gasteiger charge is 2.23. The van der Waals surface area contributed by atoms with E-state index in [9.17, 15) is 15.8 Å². The first kappa shape index (κ1) is 55.1. The molecule has 0 aliphatic heterocycles. The standard InChI is InChI=1S/C64H62N6O2S4/c1-35(2)41-24-48(37(5)6)52(49(25-41)38(7)8)28-43-30-55(59-61(71)69(46-20-16-14-17-21-46)63(75-59)45(32-65)33-66)73-57(43)58-44(29-53-50(39(9)10)26-42(36(3)4)27-51(53)40(11)12)31-56(74-58)60-62(72)70(47-22-18-15-19-23-47)64(76-60)54(34-67)68-13/h14-27,30-31,35-40H,28-29H2,1-12H3/b58-57+,59-55-,60-56-,64-54+. The van der Waals surface area contributed by atoms with E-state index in [1.54, 1.807) is 0 Å². The molecule has 0 bridgehead atoms. The van der Waals surface area contributed by atoms with Gasteiger partial charge in [0.15, 0.2) is 5.57 Å². The van der Waals surface area contributed by atoms with Gasteiger partial charge in [-0.05, 0) is 140 Å². The Morgan fingerprint density at radius 3 is 1.16 bits per heavy atom. The van der Waals surface area contributed by atoms with Gasteiger partial charge in [0.1, 0.15) is 30.5 Å². The predicted octanol–water partition coefficient (Wildman–Crippen LogP) is 14.8. The maximum Gasteiger partial charge on any atom is 0.295 e. The molecule has 0 saturated heterocycles. The van der Waals surface area contributed by atoms with E-state index in [-0.39, 0.29) is 55.4 Å². The van der Waals surface area contributed by atoms with Crippen molar-refractivity contribution in [2.45, 2.75) is 131 Å². The molecule has 0 saturated carbocycles. The number of nitrogens with zero attached hydrogens (tertiary/aromatic N) is 6. The summed E-state index contributed by atoms with van der Waals surface area (Å²) in [5, 5.41) is 30.8. The fourth-order valence-corrected chi connectivity index (χ4v) is 14.9. The predicted molar refractivity (Wildman–Crippen MR) is 314 cm³/mol. The van der Waals surface area contributed by atoms with E-state index in [0.29, 0.717) is 54.2 Å². The second-order valence-corrected chi connectivity index (χ2v) is 25.3. The van der Waals surface area contributed by atoms with Crippen LogP contribution in [0.3, 0.4) is 0 Å². The van der Waals surface area contributed by atoms with Gasteiger partial charge in [-0.15, -0.1) is 45.3 Å². The van der Waals surface area contributed by atoms with Crippen molar-refractivity contribution in [1.29, 1.82) is 15.8 Å². The summed E-state index contributed by atoms with van der Waals surface area (Å²) in [6.07, 6.45) is 1.12. The van der Waals surface area contributed by atoms with E-state index in [2.05, 4.69) is 143 Å². The van der Waals surface area contributed by atoms with Crippen LogP contribution in [0.15, 0.2) is 107 Å². The Morgan fingerprint density at radius 2 is 0.842 bits per heavy atom. The summed E-state index contributed by atoms with van der Waals surface area (Å²) in [5.74, 6) is 1.50. The summed E-state index contributed by atoms with van der Waals surface area (Å²) in [6.45, 7) is 34.9. The van der Waals surface area contributed by atoms with Gasteiger partial charge in [-0.25, -0.2) is 10.1 Å². The van der Waals surface area contributed by atoms with Crippen LogP contribution in [0.25, 0.3) is 27.5 Å². The van der Waals surface area contributed by atoms with Crippen LogP contribution in [0, 0.1) is 67.8 Å². The molecule has 12 heteroatoms. The molecule has 8 rings (SSSR count). The highest BCUT2D eigenvalue weighted by Crippen LogP contribution is 2.38. The highest BCUT2D eigenvalue weighted by atomic mass is 32.1. The van der Waals surface area contributed by atoms with Crippen molar-refractivity contribution in [3.63, 3.8) is 0 Å². The first-order chi connectivity index (χ1) is 36.3. The Morgan fingerprint density at radius 1 is 0.487 bits per heavy atom. The Balaban J connectivity index is 1.66. The van der Waals surface area contributed by atoms with Crippen LogP contribution in [0.5, 0.6) is 0 Å². The molecule has 0 aliphatic rings. The van der Waals surface area contributed by atoms with E-state index in [1.807, 2.05) is 60.7 Å². The van der Waals surface area contributed by atoms with E-state index in [4.69, 9.17) is 6.57 Å². The number of hydrogen-bond donors (Lipinski definition) is 0. The second kappa shape index (κ2) is 23.0. The van der Waals surface area contributed by atoms with E-state index >= 15 is 9.59 Å². The fraction of sp³-hybridized carbons (Fsp3) is 0.312. The number of thiophene rings is 2. The SMILES string of the molecule is [C-]#[N+]/C(C#N)=c1/s/c(=c2/cc(Cc3c(C(C)C)cc(C(C)C)cc3C(C)C)/c(=c3\s/c(=c4\sc(=C(C#N)C#N)n(-c5ccccc5)c4=O)cc3Cc3c(C(C)C)cc(C(C)C)cc3C(C)C)s2)c(=O)n1-c1ccccc1. The summed E-state index contributed by atoms with van der Waals surface area (Å²) >= 11 is 5.38. The Hall–Kier alpha value is -7.16. The van der Waals surface area contributed by atoms with Crippen LogP contribution in [0.4, 0.5) is 0 Å². The van der Waals surface area contributed by atoms with Crippen molar-refractivity contribution in [1.82, 2.24) is 9.13 Å². The Kier molecular flexibility index (Phi) is 16.7. The van der Waals surface area contributed by atoms with Gasteiger partial charge in [-0.2, -0.15) is 10.5 Å². The second-order valence-electron chi connectivity index (χ2n) is 21.2. The van der Waals surface area contributed by atoms with Gasteiger partial charge in [0.2, 0.25) is 0 Å².